The Kier molecular flexibility index (Phi) is 4.20. The summed E-state index contributed by atoms with van der Waals surface area (Å²) in [6, 6.07) is 6.52. The number of rotatable bonds is 4. The number of para-hydroxylation sites is 1. The van der Waals surface area contributed by atoms with E-state index >= 15 is 0 Å². The molecule has 0 amide bonds. The summed E-state index contributed by atoms with van der Waals surface area (Å²) in [5.74, 6) is 1.34. The quantitative estimate of drug-likeness (QED) is 0.798. The Hall–Kier alpha value is -0.770. The fraction of sp³-hybridized carbons (Fsp3) is 0.533. The van der Waals surface area contributed by atoms with E-state index < -0.39 is 0 Å². The number of benzene rings is 1. The van der Waals surface area contributed by atoms with Crippen LogP contribution in [0.25, 0.3) is 11.0 Å². The van der Waals surface area contributed by atoms with Crippen molar-refractivity contribution in [3.05, 3.63) is 29.0 Å². The Labute approximate surface area is 129 Å². The highest BCUT2D eigenvalue weighted by Gasteiger charge is 2.25. The maximum absolute atomic E-state index is 6.24. The van der Waals surface area contributed by atoms with Crippen molar-refractivity contribution >= 4 is 34.2 Å². The van der Waals surface area contributed by atoms with Gasteiger partial charge in [0, 0.05) is 12.6 Å². The Morgan fingerprint density at radius 3 is 3.00 bits per heavy atom. The zero-order valence-electron chi connectivity index (χ0n) is 11.6. The van der Waals surface area contributed by atoms with E-state index in [-0.39, 0.29) is 0 Å². The monoisotopic (exact) mass is 311 g/mol. The lowest BCUT2D eigenvalue weighted by atomic mass is 10.2. The zero-order valence-corrected chi connectivity index (χ0v) is 13.2. The van der Waals surface area contributed by atoms with Crippen LogP contribution < -0.4 is 0 Å². The van der Waals surface area contributed by atoms with Gasteiger partial charge in [-0.25, -0.2) is 4.98 Å². The third-order valence-corrected chi connectivity index (χ3v) is 4.77. The van der Waals surface area contributed by atoms with Crippen LogP contribution in [0.15, 0.2) is 18.2 Å². The predicted octanol–water partition coefficient (Wildman–Crippen LogP) is 3.91. The first-order valence-corrected chi connectivity index (χ1v) is 8.09. The number of hydrogen-bond donors (Lipinski definition) is 0. The number of likely N-dealkylation sites (N-methyl/N-ethyl adjacent to an activating group) is 1. The average Bonchev–Trinajstić information content (AvgIpc) is 3.05. The van der Waals surface area contributed by atoms with Gasteiger partial charge >= 0.3 is 0 Å². The maximum atomic E-state index is 6.24. The SMILES string of the molecule is CCN1CCCC1Cn1c(CCl)nc2c(Cl)cccc21. The standard InChI is InChI=1S/C15H19Cl2N3/c1-2-19-8-4-5-11(19)10-20-13-7-3-6-12(17)15(13)18-14(20)9-16/h3,6-7,11H,2,4-5,8-10H2,1H3. The Balaban J connectivity index is 1.99. The number of aromatic nitrogens is 2. The molecular formula is C15H19Cl2N3. The average molecular weight is 312 g/mol. The van der Waals surface area contributed by atoms with Crippen LogP contribution in [0.2, 0.25) is 5.02 Å². The van der Waals surface area contributed by atoms with Crippen LogP contribution >= 0.6 is 23.2 Å². The van der Waals surface area contributed by atoms with E-state index in [1.165, 1.54) is 19.4 Å². The molecule has 1 saturated heterocycles. The van der Waals surface area contributed by atoms with Crippen molar-refractivity contribution in [2.75, 3.05) is 13.1 Å². The highest BCUT2D eigenvalue weighted by Crippen LogP contribution is 2.27. The van der Waals surface area contributed by atoms with Crippen LogP contribution in [0.4, 0.5) is 0 Å². The summed E-state index contributed by atoms with van der Waals surface area (Å²) in [5, 5.41) is 0.700. The third-order valence-electron chi connectivity index (χ3n) is 4.23. The van der Waals surface area contributed by atoms with E-state index in [1.807, 2.05) is 12.1 Å². The second-order valence-electron chi connectivity index (χ2n) is 5.30. The molecule has 5 heteroatoms. The first-order valence-electron chi connectivity index (χ1n) is 7.18. The molecule has 1 aromatic heterocycles. The van der Waals surface area contributed by atoms with Gasteiger partial charge in [0.15, 0.2) is 0 Å². The van der Waals surface area contributed by atoms with Gasteiger partial charge in [-0.15, -0.1) is 11.6 Å². The fourth-order valence-electron chi connectivity index (χ4n) is 3.20. The Bertz CT molecular complexity index is 608. The number of fused-ring (bicyclic) bond motifs is 1. The molecule has 1 aliphatic heterocycles. The first-order chi connectivity index (χ1) is 9.74. The molecule has 2 aromatic rings. The summed E-state index contributed by atoms with van der Waals surface area (Å²) in [5.41, 5.74) is 1.96. The molecule has 0 aliphatic carbocycles. The molecule has 1 unspecified atom stereocenters. The number of imidazole rings is 1. The molecular weight excluding hydrogens is 293 g/mol. The molecule has 1 aromatic carbocycles. The van der Waals surface area contributed by atoms with Crippen molar-refractivity contribution in [1.82, 2.24) is 14.5 Å². The molecule has 0 bridgehead atoms. The van der Waals surface area contributed by atoms with Gasteiger partial charge in [0.1, 0.15) is 11.3 Å². The molecule has 0 saturated carbocycles. The van der Waals surface area contributed by atoms with Crippen molar-refractivity contribution in [3.63, 3.8) is 0 Å². The lowest BCUT2D eigenvalue weighted by molar-refractivity contribution is 0.245. The summed E-state index contributed by atoms with van der Waals surface area (Å²) < 4.78 is 2.24. The molecule has 1 fully saturated rings. The maximum Gasteiger partial charge on any atom is 0.124 e. The molecule has 3 rings (SSSR count). The van der Waals surface area contributed by atoms with Gasteiger partial charge in [-0.2, -0.15) is 0 Å². The molecule has 0 spiro atoms. The molecule has 0 N–H and O–H groups in total. The molecule has 20 heavy (non-hydrogen) atoms. The number of likely N-dealkylation sites (tertiary alicyclic amines) is 1. The number of halogens is 2. The van der Waals surface area contributed by atoms with E-state index in [1.54, 1.807) is 0 Å². The van der Waals surface area contributed by atoms with E-state index in [0.29, 0.717) is 16.9 Å². The topological polar surface area (TPSA) is 21.1 Å². The van der Waals surface area contributed by atoms with Gasteiger partial charge in [0.25, 0.3) is 0 Å². The molecule has 3 nitrogen and oxygen atoms in total. The summed E-state index contributed by atoms with van der Waals surface area (Å²) in [7, 11) is 0. The molecule has 1 atom stereocenters. The van der Waals surface area contributed by atoms with Crippen LogP contribution in [0.3, 0.4) is 0 Å². The van der Waals surface area contributed by atoms with Gasteiger partial charge in [-0.1, -0.05) is 24.6 Å². The first kappa shape index (κ1) is 14.2. The molecule has 0 radical (unpaired) electrons. The minimum absolute atomic E-state index is 0.420. The van der Waals surface area contributed by atoms with Crippen LogP contribution in [-0.4, -0.2) is 33.6 Å². The fourth-order valence-corrected chi connectivity index (χ4v) is 3.61. The smallest absolute Gasteiger partial charge is 0.124 e. The number of alkyl halides is 1. The summed E-state index contributed by atoms with van der Waals surface area (Å²) >= 11 is 12.3. The largest absolute Gasteiger partial charge is 0.325 e. The van der Waals surface area contributed by atoms with Gasteiger partial charge in [-0.3, -0.25) is 4.90 Å². The minimum Gasteiger partial charge on any atom is -0.325 e. The number of hydrogen-bond acceptors (Lipinski definition) is 2. The van der Waals surface area contributed by atoms with Crippen LogP contribution in [0.5, 0.6) is 0 Å². The van der Waals surface area contributed by atoms with E-state index in [0.717, 1.165) is 29.9 Å². The van der Waals surface area contributed by atoms with Crippen molar-refractivity contribution in [1.29, 1.82) is 0 Å². The van der Waals surface area contributed by atoms with Gasteiger partial charge in [0.2, 0.25) is 0 Å². The molecule has 108 valence electrons. The normalized spacial score (nSPS) is 20.1. The van der Waals surface area contributed by atoms with Crippen LogP contribution in [-0.2, 0) is 12.4 Å². The summed E-state index contributed by atoms with van der Waals surface area (Å²) in [6.07, 6.45) is 2.53. The van der Waals surface area contributed by atoms with Crippen LogP contribution in [0, 0.1) is 0 Å². The Morgan fingerprint density at radius 2 is 2.25 bits per heavy atom. The van der Waals surface area contributed by atoms with E-state index in [9.17, 15) is 0 Å². The lowest BCUT2D eigenvalue weighted by Crippen LogP contribution is -2.33. The van der Waals surface area contributed by atoms with Crippen molar-refractivity contribution in [2.45, 2.75) is 38.2 Å². The van der Waals surface area contributed by atoms with Crippen molar-refractivity contribution < 1.29 is 0 Å². The highest BCUT2D eigenvalue weighted by molar-refractivity contribution is 6.35. The van der Waals surface area contributed by atoms with Crippen molar-refractivity contribution in [3.8, 4) is 0 Å². The van der Waals surface area contributed by atoms with Crippen LogP contribution in [0.1, 0.15) is 25.6 Å². The third kappa shape index (κ3) is 2.43. The van der Waals surface area contributed by atoms with Gasteiger partial charge < -0.3 is 4.57 Å². The minimum atomic E-state index is 0.420. The lowest BCUT2D eigenvalue weighted by Gasteiger charge is -2.24. The number of nitrogens with zero attached hydrogens (tertiary/aromatic N) is 3. The van der Waals surface area contributed by atoms with E-state index in [2.05, 4.69) is 27.4 Å². The molecule has 1 aliphatic rings. The molecule has 2 heterocycles. The second kappa shape index (κ2) is 5.92. The second-order valence-corrected chi connectivity index (χ2v) is 5.98. The highest BCUT2D eigenvalue weighted by atomic mass is 35.5. The zero-order chi connectivity index (χ0) is 14.1. The van der Waals surface area contributed by atoms with E-state index in [4.69, 9.17) is 23.2 Å². The van der Waals surface area contributed by atoms with Gasteiger partial charge in [0.05, 0.1) is 16.4 Å². The summed E-state index contributed by atoms with van der Waals surface area (Å²) in [6.45, 7) is 5.48. The van der Waals surface area contributed by atoms with Gasteiger partial charge in [-0.05, 0) is 38.1 Å². The predicted molar refractivity (Wildman–Crippen MR) is 84.6 cm³/mol. The van der Waals surface area contributed by atoms with Crippen molar-refractivity contribution in [2.24, 2.45) is 0 Å². The summed E-state index contributed by atoms with van der Waals surface area (Å²) in [4.78, 5) is 7.14. The Morgan fingerprint density at radius 1 is 1.40 bits per heavy atom.